The van der Waals surface area contributed by atoms with Gasteiger partial charge in [0.25, 0.3) is 0 Å². The van der Waals surface area contributed by atoms with Crippen LogP contribution in [0.3, 0.4) is 0 Å². The van der Waals surface area contributed by atoms with Gasteiger partial charge >= 0.3 is 0 Å². The quantitative estimate of drug-likeness (QED) is 0.691. The van der Waals surface area contributed by atoms with Crippen LogP contribution in [0.25, 0.3) is 10.9 Å². The molecule has 2 amide bonds. The van der Waals surface area contributed by atoms with Crippen molar-refractivity contribution in [2.45, 2.75) is 25.8 Å². The maximum atomic E-state index is 13.0. The Morgan fingerprint density at radius 2 is 1.71 bits per heavy atom. The lowest BCUT2D eigenvalue weighted by Gasteiger charge is -2.14. The van der Waals surface area contributed by atoms with Gasteiger partial charge in [-0.1, -0.05) is 36.4 Å². The van der Waals surface area contributed by atoms with Crippen LogP contribution in [0.2, 0.25) is 0 Å². The number of rotatable bonds is 3. The van der Waals surface area contributed by atoms with E-state index < -0.39 is 5.92 Å². The number of nitrogens with zero attached hydrogens (tertiary/aromatic N) is 2. The molecule has 1 fully saturated rings. The summed E-state index contributed by atoms with van der Waals surface area (Å²) in [6, 6.07) is 17.2. The van der Waals surface area contributed by atoms with E-state index in [1.807, 2.05) is 42.6 Å². The van der Waals surface area contributed by atoms with Crippen molar-refractivity contribution in [1.82, 2.24) is 4.57 Å². The van der Waals surface area contributed by atoms with Gasteiger partial charge in [0, 0.05) is 30.1 Å². The van der Waals surface area contributed by atoms with Gasteiger partial charge in [0.2, 0.25) is 11.8 Å². The Balaban J connectivity index is 1.79. The molecule has 0 bridgehead atoms. The molecule has 1 aliphatic heterocycles. The molecule has 4 nitrogen and oxygen atoms in total. The lowest BCUT2D eigenvalue weighted by atomic mass is 9.97. The molecule has 1 aromatic heterocycles. The third-order valence-corrected chi connectivity index (χ3v) is 4.70. The van der Waals surface area contributed by atoms with E-state index in [9.17, 15) is 9.59 Å². The number of amides is 2. The lowest BCUT2D eigenvalue weighted by molar-refractivity contribution is -0.121. The average Bonchev–Trinajstić information content (AvgIpc) is 3.13. The Kier molecular flexibility index (Phi) is 3.45. The lowest BCUT2D eigenvalue weighted by Crippen LogP contribution is -2.29. The molecule has 2 heterocycles. The first-order valence-corrected chi connectivity index (χ1v) is 8.20. The molecule has 120 valence electrons. The standard InChI is InChI=1S/C20H18N2O2/c1-2-21-13-17(15-10-6-7-11-18(15)21)16-12-19(23)22(20(16)24)14-8-4-3-5-9-14/h3-11,13,16H,2,12H2,1H3/t16-/m1/s1. The Bertz CT molecular complexity index is 927. The summed E-state index contributed by atoms with van der Waals surface area (Å²) < 4.78 is 2.13. The second-order valence-corrected chi connectivity index (χ2v) is 6.05. The number of anilines is 1. The van der Waals surface area contributed by atoms with Crippen LogP contribution in [-0.4, -0.2) is 16.4 Å². The summed E-state index contributed by atoms with van der Waals surface area (Å²) in [6.45, 7) is 2.91. The maximum absolute atomic E-state index is 13.0. The van der Waals surface area contributed by atoms with Gasteiger partial charge in [-0.2, -0.15) is 0 Å². The van der Waals surface area contributed by atoms with Crippen molar-refractivity contribution in [1.29, 1.82) is 0 Å². The summed E-state index contributed by atoms with van der Waals surface area (Å²) in [5.41, 5.74) is 2.70. The third kappa shape index (κ3) is 2.14. The maximum Gasteiger partial charge on any atom is 0.241 e. The molecule has 0 N–H and O–H groups in total. The van der Waals surface area contributed by atoms with Gasteiger partial charge < -0.3 is 4.57 Å². The van der Waals surface area contributed by atoms with Crippen molar-refractivity contribution in [3.05, 3.63) is 66.4 Å². The van der Waals surface area contributed by atoms with Gasteiger partial charge in [0.1, 0.15) is 0 Å². The van der Waals surface area contributed by atoms with E-state index in [1.165, 1.54) is 4.90 Å². The summed E-state index contributed by atoms with van der Waals surface area (Å²) in [5, 5.41) is 1.06. The van der Waals surface area contributed by atoms with Crippen LogP contribution in [-0.2, 0) is 16.1 Å². The first-order chi connectivity index (χ1) is 11.7. The van der Waals surface area contributed by atoms with Gasteiger partial charge in [0.15, 0.2) is 0 Å². The van der Waals surface area contributed by atoms with E-state index in [0.29, 0.717) is 5.69 Å². The number of hydrogen-bond acceptors (Lipinski definition) is 2. The van der Waals surface area contributed by atoms with Crippen LogP contribution in [0.15, 0.2) is 60.8 Å². The molecule has 0 radical (unpaired) electrons. The number of carbonyl (C=O) groups is 2. The first-order valence-electron chi connectivity index (χ1n) is 8.20. The number of aromatic nitrogens is 1. The molecule has 24 heavy (non-hydrogen) atoms. The average molecular weight is 318 g/mol. The minimum absolute atomic E-state index is 0.134. The van der Waals surface area contributed by atoms with E-state index in [4.69, 9.17) is 0 Å². The van der Waals surface area contributed by atoms with Crippen molar-refractivity contribution < 1.29 is 9.59 Å². The summed E-state index contributed by atoms with van der Waals surface area (Å²) in [7, 11) is 0. The zero-order valence-electron chi connectivity index (χ0n) is 13.5. The van der Waals surface area contributed by atoms with Crippen molar-refractivity contribution in [3.8, 4) is 0 Å². The molecule has 0 aliphatic carbocycles. The fourth-order valence-corrected chi connectivity index (χ4v) is 3.54. The van der Waals surface area contributed by atoms with E-state index >= 15 is 0 Å². The minimum atomic E-state index is -0.407. The molecule has 1 atom stereocenters. The highest BCUT2D eigenvalue weighted by atomic mass is 16.2. The summed E-state index contributed by atoms with van der Waals surface area (Å²) >= 11 is 0. The van der Waals surface area contributed by atoms with Crippen LogP contribution < -0.4 is 4.90 Å². The smallest absolute Gasteiger partial charge is 0.241 e. The SMILES string of the molecule is CCn1cc([C@H]2CC(=O)N(c3ccccc3)C2=O)c2ccccc21. The van der Waals surface area contributed by atoms with Crippen molar-refractivity contribution in [3.63, 3.8) is 0 Å². The molecular formula is C20H18N2O2. The van der Waals surface area contributed by atoms with E-state index in [0.717, 1.165) is 23.0 Å². The third-order valence-electron chi connectivity index (χ3n) is 4.70. The van der Waals surface area contributed by atoms with Crippen LogP contribution >= 0.6 is 0 Å². The second kappa shape index (κ2) is 5.64. The van der Waals surface area contributed by atoms with Gasteiger partial charge in [0.05, 0.1) is 11.6 Å². The number of hydrogen-bond donors (Lipinski definition) is 0. The highest BCUT2D eigenvalue weighted by Crippen LogP contribution is 2.37. The van der Waals surface area contributed by atoms with Crippen molar-refractivity contribution in [2.24, 2.45) is 0 Å². The molecule has 1 saturated heterocycles. The molecule has 1 aliphatic rings. The fraction of sp³-hybridized carbons (Fsp3) is 0.200. The molecule has 0 unspecified atom stereocenters. The van der Waals surface area contributed by atoms with Gasteiger partial charge in [-0.3, -0.25) is 14.5 Å². The monoisotopic (exact) mass is 318 g/mol. The predicted molar refractivity (Wildman–Crippen MR) is 93.9 cm³/mol. The number of imide groups is 1. The Morgan fingerprint density at radius 3 is 2.46 bits per heavy atom. The second-order valence-electron chi connectivity index (χ2n) is 6.05. The Hall–Kier alpha value is -2.88. The number of benzene rings is 2. The molecule has 3 aromatic rings. The topological polar surface area (TPSA) is 42.3 Å². The number of fused-ring (bicyclic) bond motifs is 1. The van der Waals surface area contributed by atoms with Gasteiger partial charge in [-0.05, 0) is 30.7 Å². The zero-order valence-corrected chi connectivity index (χ0v) is 13.5. The highest BCUT2D eigenvalue weighted by molar-refractivity contribution is 6.23. The molecular weight excluding hydrogens is 300 g/mol. The minimum Gasteiger partial charge on any atom is -0.347 e. The summed E-state index contributed by atoms with van der Waals surface area (Å²) in [6.07, 6.45) is 2.25. The molecule has 2 aromatic carbocycles. The van der Waals surface area contributed by atoms with Crippen molar-refractivity contribution in [2.75, 3.05) is 4.90 Å². The number of carbonyl (C=O) groups excluding carboxylic acids is 2. The Labute approximate surface area is 140 Å². The highest BCUT2D eigenvalue weighted by Gasteiger charge is 2.41. The summed E-state index contributed by atoms with van der Waals surface area (Å²) in [4.78, 5) is 26.8. The molecule has 0 spiro atoms. The molecule has 4 rings (SSSR count). The number of aryl methyl sites for hydroxylation is 1. The molecule has 0 saturated carbocycles. The van der Waals surface area contributed by atoms with Gasteiger partial charge in [-0.25, -0.2) is 0 Å². The molecule has 4 heteroatoms. The predicted octanol–water partition coefficient (Wildman–Crippen LogP) is 3.71. The number of para-hydroxylation sites is 2. The Morgan fingerprint density at radius 1 is 1.00 bits per heavy atom. The van der Waals surface area contributed by atoms with E-state index in [-0.39, 0.29) is 18.2 Å². The van der Waals surface area contributed by atoms with Crippen LogP contribution in [0.4, 0.5) is 5.69 Å². The van der Waals surface area contributed by atoms with Crippen LogP contribution in [0, 0.1) is 0 Å². The zero-order chi connectivity index (χ0) is 16.7. The van der Waals surface area contributed by atoms with E-state index in [1.54, 1.807) is 12.1 Å². The fourth-order valence-electron chi connectivity index (χ4n) is 3.54. The normalized spacial score (nSPS) is 17.9. The van der Waals surface area contributed by atoms with Crippen molar-refractivity contribution >= 4 is 28.4 Å². The van der Waals surface area contributed by atoms with Crippen LogP contribution in [0.1, 0.15) is 24.8 Å². The first kappa shape index (κ1) is 14.7. The van der Waals surface area contributed by atoms with Gasteiger partial charge in [-0.15, -0.1) is 0 Å². The summed E-state index contributed by atoms with van der Waals surface area (Å²) in [5.74, 6) is -0.676. The van der Waals surface area contributed by atoms with E-state index in [2.05, 4.69) is 17.6 Å². The van der Waals surface area contributed by atoms with Crippen LogP contribution in [0.5, 0.6) is 0 Å². The largest absolute Gasteiger partial charge is 0.347 e.